The van der Waals surface area contributed by atoms with E-state index in [1.165, 1.54) is 0 Å². The average Bonchev–Trinajstić information content (AvgIpc) is 3.03. The Hall–Kier alpha value is -2.95. The number of hydrogen-bond donors (Lipinski definition) is 1. The van der Waals surface area contributed by atoms with Crippen LogP contribution in [-0.2, 0) is 0 Å². The first-order chi connectivity index (χ1) is 9.83. The Morgan fingerprint density at radius 2 is 1.70 bits per heavy atom. The van der Waals surface area contributed by atoms with E-state index in [2.05, 4.69) is 15.2 Å². The van der Waals surface area contributed by atoms with Crippen molar-refractivity contribution in [3.05, 3.63) is 65.9 Å². The molecule has 1 aliphatic rings. The van der Waals surface area contributed by atoms with Crippen LogP contribution < -0.4 is 5.73 Å². The first kappa shape index (κ1) is 10.9. The van der Waals surface area contributed by atoms with Crippen LogP contribution in [0.3, 0.4) is 0 Å². The molecule has 5 nitrogen and oxygen atoms in total. The number of aliphatic imine (C=N–C) groups is 1. The Balaban J connectivity index is 1.90. The van der Waals surface area contributed by atoms with Gasteiger partial charge in [-0.25, -0.2) is 4.99 Å². The maximum atomic E-state index is 5.92. The Kier molecular flexibility index (Phi) is 2.20. The third-order valence-corrected chi connectivity index (χ3v) is 3.32. The molecule has 0 unspecified atom stereocenters. The molecule has 0 atom stereocenters. The Morgan fingerprint density at radius 3 is 2.60 bits per heavy atom. The van der Waals surface area contributed by atoms with Crippen molar-refractivity contribution in [3.8, 4) is 0 Å². The molecule has 96 valence electrons. The fourth-order valence-corrected chi connectivity index (χ4v) is 2.34. The minimum absolute atomic E-state index is 0.496. The van der Waals surface area contributed by atoms with E-state index < -0.39 is 0 Å². The van der Waals surface area contributed by atoms with Gasteiger partial charge >= 0.3 is 0 Å². The Labute approximate surface area is 115 Å². The van der Waals surface area contributed by atoms with Gasteiger partial charge in [0.2, 0.25) is 0 Å². The van der Waals surface area contributed by atoms with Gasteiger partial charge in [-0.2, -0.15) is 5.10 Å². The molecule has 0 saturated heterocycles. The van der Waals surface area contributed by atoms with Gasteiger partial charge in [0.1, 0.15) is 5.84 Å². The van der Waals surface area contributed by atoms with Crippen molar-refractivity contribution in [2.45, 2.75) is 0 Å². The largest absolute Gasteiger partial charge is 0.383 e. The summed E-state index contributed by atoms with van der Waals surface area (Å²) in [5, 5.41) is 9.81. The van der Waals surface area contributed by atoms with Crippen molar-refractivity contribution in [3.63, 3.8) is 0 Å². The van der Waals surface area contributed by atoms with Crippen molar-refractivity contribution in [2.24, 2.45) is 15.8 Å². The summed E-state index contributed by atoms with van der Waals surface area (Å²) in [6.45, 7) is 0. The van der Waals surface area contributed by atoms with Crippen LogP contribution in [0.15, 0.2) is 64.8 Å². The highest BCUT2D eigenvalue weighted by Gasteiger charge is 2.19. The number of nitrogens with zero attached hydrogens (tertiary/aromatic N) is 4. The van der Waals surface area contributed by atoms with Crippen molar-refractivity contribution < 1.29 is 0 Å². The highest BCUT2D eigenvalue weighted by atomic mass is 15.5. The maximum Gasteiger partial charge on any atom is 0.184 e. The standard InChI is InChI=1S/C15H11N5/c16-14-11-6-2-3-7-12(11)15(18-14)19-20-13-8-4-1-5-10(13)9-17-20/h1-9H,(H2,16,18,19). The summed E-state index contributed by atoms with van der Waals surface area (Å²) in [6, 6.07) is 15.7. The van der Waals surface area contributed by atoms with Crippen molar-refractivity contribution in [1.29, 1.82) is 0 Å². The van der Waals surface area contributed by atoms with Gasteiger partial charge in [-0.3, -0.25) is 0 Å². The molecule has 0 amide bonds. The molecule has 0 radical (unpaired) electrons. The summed E-state index contributed by atoms with van der Waals surface area (Å²) in [6.07, 6.45) is 1.79. The van der Waals surface area contributed by atoms with Gasteiger partial charge in [0, 0.05) is 16.5 Å². The van der Waals surface area contributed by atoms with Gasteiger partial charge < -0.3 is 5.73 Å². The highest BCUT2D eigenvalue weighted by Crippen LogP contribution is 2.19. The fraction of sp³-hybridized carbons (Fsp3) is 0. The van der Waals surface area contributed by atoms with E-state index >= 15 is 0 Å². The number of benzene rings is 2. The summed E-state index contributed by atoms with van der Waals surface area (Å²) in [5.74, 6) is 1.09. The topological polar surface area (TPSA) is 68.6 Å². The minimum atomic E-state index is 0.496. The molecule has 20 heavy (non-hydrogen) atoms. The molecule has 2 aromatic carbocycles. The Bertz CT molecular complexity index is 873. The molecular formula is C15H11N5. The first-order valence-electron chi connectivity index (χ1n) is 6.28. The van der Waals surface area contributed by atoms with Crippen molar-refractivity contribution >= 4 is 22.6 Å². The van der Waals surface area contributed by atoms with Gasteiger partial charge in [-0.15, -0.1) is 9.89 Å². The Morgan fingerprint density at radius 1 is 0.950 bits per heavy atom. The van der Waals surface area contributed by atoms with Crippen LogP contribution in [0, 0.1) is 0 Å². The van der Waals surface area contributed by atoms with Crippen LogP contribution >= 0.6 is 0 Å². The summed E-state index contributed by atoms with van der Waals surface area (Å²) >= 11 is 0. The number of rotatable bonds is 1. The monoisotopic (exact) mass is 261 g/mol. The van der Waals surface area contributed by atoms with E-state index in [0.29, 0.717) is 11.7 Å². The van der Waals surface area contributed by atoms with Crippen LogP contribution in [0.5, 0.6) is 0 Å². The van der Waals surface area contributed by atoms with Gasteiger partial charge in [-0.05, 0) is 6.07 Å². The lowest BCUT2D eigenvalue weighted by Crippen LogP contribution is -2.09. The minimum Gasteiger partial charge on any atom is -0.383 e. The smallest absolute Gasteiger partial charge is 0.184 e. The number of amidine groups is 2. The zero-order chi connectivity index (χ0) is 13.5. The number of hydrogen-bond acceptors (Lipinski definition) is 3. The highest BCUT2D eigenvalue weighted by molar-refractivity contribution is 6.21. The lowest BCUT2D eigenvalue weighted by atomic mass is 10.1. The zero-order valence-electron chi connectivity index (χ0n) is 10.6. The summed E-state index contributed by atoms with van der Waals surface area (Å²) in [5.41, 5.74) is 8.71. The molecule has 2 heterocycles. The molecule has 0 bridgehead atoms. The number of nitrogens with two attached hydrogens (primary N) is 1. The van der Waals surface area contributed by atoms with E-state index in [9.17, 15) is 0 Å². The molecule has 0 saturated carbocycles. The third-order valence-electron chi connectivity index (χ3n) is 3.32. The summed E-state index contributed by atoms with van der Waals surface area (Å²) in [4.78, 5) is 5.91. The van der Waals surface area contributed by atoms with Crippen LogP contribution in [0.4, 0.5) is 0 Å². The molecule has 0 fully saturated rings. The van der Waals surface area contributed by atoms with E-state index in [-0.39, 0.29) is 0 Å². The molecule has 1 aliphatic heterocycles. The molecular weight excluding hydrogens is 250 g/mol. The average molecular weight is 261 g/mol. The number of para-hydroxylation sites is 1. The zero-order valence-corrected chi connectivity index (χ0v) is 10.6. The molecule has 3 aromatic rings. The van der Waals surface area contributed by atoms with Crippen molar-refractivity contribution in [2.75, 3.05) is 0 Å². The third kappa shape index (κ3) is 1.53. The van der Waals surface area contributed by atoms with Gasteiger partial charge in [0.25, 0.3) is 0 Å². The lowest BCUT2D eigenvalue weighted by Gasteiger charge is -1.99. The molecule has 2 N–H and O–H groups in total. The van der Waals surface area contributed by atoms with Gasteiger partial charge in [-0.1, -0.05) is 42.5 Å². The van der Waals surface area contributed by atoms with Crippen LogP contribution in [0.25, 0.3) is 10.9 Å². The van der Waals surface area contributed by atoms with E-state index in [4.69, 9.17) is 5.73 Å². The number of fused-ring (bicyclic) bond motifs is 2. The van der Waals surface area contributed by atoms with E-state index in [1.54, 1.807) is 11.0 Å². The molecule has 0 spiro atoms. The predicted molar refractivity (Wildman–Crippen MR) is 78.8 cm³/mol. The second-order valence-corrected chi connectivity index (χ2v) is 4.56. The van der Waals surface area contributed by atoms with Crippen LogP contribution in [0.2, 0.25) is 0 Å². The van der Waals surface area contributed by atoms with Gasteiger partial charge in [0.15, 0.2) is 5.84 Å². The second-order valence-electron chi connectivity index (χ2n) is 4.56. The fourth-order valence-electron chi connectivity index (χ4n) is 2.34. The van der Waals surface area contributed by atoms with E-state index in [1.807, 2.05) is 48.5 Å². The van der Waals surface area contributed by atoms with Crippen molar-refractivity contribution in [1.82, 2.24) is 9.89 Å². The predicted octanol–water partition coefficient (Wildman–Crippen LogP) is 1.97. The van der Waals surface area contributed by atoms with Gasteiger partial charge in [0.05, 0.1) is 11.7 Å². The molecule has 0 aliphatic carbocycles. The SMILES string of the molecule is NC1=NC(=Nn2ncc3ccccc32)c2ccccc21. The maximum absolute atomic E-state index is 5.92. The normalized spacial score (nSPS) is 15.6. The van der Waals surface area contributed by atoms with Crippen LogP contribution in [-0.4, -0.2) is 21.6 Å². The van der Waals surface area contributed by atoms with E-state index in [0.717, 1.165) is 22.0 Å². The quantitative estimate of drug-likeness (QED) is 0.727. The second kappa shape index (κ2) is 4.03. The summed E-state index contributed by atoms with van der Waals surface area (Å²) in [7, 11) is 0. The summed E-state index contributed by atoms with van der Waals surface area (Å²) < 4.78 is 0. The molecule has 5 heteroatoms. The van der Waals surface area contributed by atoms with Crippen LogP contribution in [0.1, 0.15) is 11.1 Å². The number of aromatic nitrogens is 2. The lowest BCUT2D eigenvalue weighted by molar-refractivity contribution is 0.768. The first-order valence-corrected chi connectivity index (χ1v) is 6.28. The molecule has 4 rings (SSSR count). The molecule has 1 aromatic heterocycles.